The third kappa shape index (κ3) is 4.09. The molecule has 172 valence electrons. The van der Waals surface area contributed by atoms with Crippen LogP contribution in [0.1, 0.15) is 16.8 Å². The van der Waals surface area contributed by atoms with Crippen LogP contribution in [-0.4, -0.2) is 21.5 Å². The molecule has 0 radical (unpaired) electrons. The van der Waals surface area contributed by atoms with Gasteiger partial charge in [0.2, 0.25) is 0 Å². The number of hydrogen-bond acceptors (Lipinski definition) is 3. The summed E-state index contributed by atoms with van der Waals surface area (Å²) in [5.74, 6) is -0.953. The Hall–Kier alpha value is -4.29. The van der Waals surface area contributed by atoms with Crippen LogP contribution in [0.5, 0.6) is 0 Å². The highest BCUT2D eigenvalue weighted by Crippen LogP contribution is 2.33. The molecule has 3 aromatic carbocycles. The van der Waals surface area contributed by atoms with Gasteiger partial charge in [-0.3, -0.25) is 19.8 Å². The van der Waals surface area contributed by atoms with Gasteiger partial charge in [-0.1, -0.05) is 66.7 Å². The Bertz CT molecular complexity index is 1490. The summed E-state index contributed by atoms with van der Waals surface area (Å²) in [6.45, 7) is 3.92. The molecule has 2 heterocycles. The molecular weight excluding hydrogens is 454 g/mol. The van der Waals surface area contributed by atoms with Crippen molar-refractivity contribution in [3.8, 4) is 16.9 Å². The third-order valence-electron chi connectivity index (χ3n) is 6.03. The average molecular weight is 478 g/mol. The molecule has 0 aliphatic carbocycles. The lowest BCUT2D eigenvalue weighted by Gasteiger charge is -2.30. The highest BCUT2D eigenvalue weighted by molar-refractivity contribution is 7.80. The number of rotatable bonds is 4. The van der Waals surface area contributed by atoms with Gasteiger partial charge in [0.1, 0.15) is 5.57 Å². The third-order valence-corrected chi connectivity index (χ3v) is 6.32. The number of carbonyl (C=O) groups is 2. The van der Waals surface area contributed by atoms with Gasteiger partial charge < -0.3 is 4.57 Å². The predicted octanol–water partition coefficient (Wildman–Crippen LogP) is 5.59. The maximum absolute atomic E-state index is 13.6. The number of anilines is 1. The summed E-state index contributed by atoms with van der Waals surface area (Å²) in [7, 11) is 0. The van der Waals surface area contributed by atoms with Gasteiger partial charge in [-0.15, -0.1) is 0 Å². The molecular formula is C29H23N3O2S. The Morgan fingerprint density at radius 2 is 1.46 bits per heavy atom. The van der Waals surface area contributed by atoms with Crippen molar-refractivity contribution in [3.63, 3.8) is 0 Å². The van der Waals surface area contributed by atoms with Crippen molar-refractivity contribution >= 4 is 40.9 Å². The molecule has 4 aromatic rings. The van der Waals surface area contributed by atoms with Crippen molar-refractivity contribution in [2.24, 2.45) is 0 Å². The quantitative estimate of drug-likeness (QED) is 0.237. The van der Waals surface area contributed by atoms with E-state index in [1.165, 1.54) is 4.90 Å². The zero-order valence-corrected chi connectivity index (χ0v) is 20.2. The number of carbonyl (C=O) groups excluding carboxylic acids is 2. The monoisotopic (exact) mass is 477 g/mol. The summed E-state index contributed by atoms with van der Waals surface area (Å²) >= 11 is 5.37. The maximum atomic E-state index is 13.6. The molecule has 0 unspecified atom stereocenters. The van der Waals surface area contributed by atoms with Gasteiger partial charge >= 0.3 is 0 Å². The summed E-state index contributed by atoms with van der Waals surface area (Å²) in [5.41, 5.74) is 6.19. The topological polar surface area (TPSA) is 54.3 Å². The van der Waals surface area contributed by atoms with E-state index in [0.717, 1.165) is 33.8 Å². The smallest absolute Gasteiger partial charge is 0.270 e. The first-order valence-electron chi connectivity index (χ1n) is 11.3. The van der Waals surface area contributed by atoms with E-state index >= 15 is 0 Å². The predicted molar refractivity (Wildman–Crippen MR) is 143 cm³/mol. The Kier molecular flexibility index (Phi) is 5.89. The van der Waals surface area contributed by atoms with E-state index < -0.39 is 11.8 Å². The Morgan fingerprint density at radius 3 is 2.14 bits per heavy atom. The molecule has 1 aliphatic heterocycles. The Labute approximate surface area is 209 Å². The number of aromatic nitrogens is 1. The molecule has 0 saturated carbocycles. The SMILES string of the molecule is Cc1ccccc1N1C(=O)/C(=C/c2cc(C)n(-c3ccccc3)c2-c2ccccc2)C(=O)NC1=S. The van der Waals surface area contributed by atoms with Crippen LogP contribution in [0.3, 0.4) is 0 Å². The number of benzene rings is 3. The summed E-state index contributed by atoms with van der Waals surface area (Å²) in [6.07, 6.45) is 1.67. The van der Waals surface area contributed by atoms with Crippen LogP contribution in [0.15, 0.2) is 96.6 Å². The molecule has 5 rings (SSSR count). The van der Waals surface area contributed by atoms with Crippen molar-refractivity contribution in [2.45, 2.75) is 13.8 Å². The summed E-state index contributed by atoms with van der Waals surface area (Å²) in [5, 5.41) is 2.77. The number of hydrogen-bond donors (Lipinski definition) is 1. The van der Waals surface area contributed by atoms with Gasteiger partial charge in [-0.25, -0.2) is 0 Å². The van der Waals surface area contributed by atoms with Gasteiger partial charge in [0.15, 0.2) is 5.11 Å². The number of nitrogens with zero attached hydrogens (tertiary/aromatic N) is 2. The molecule has 5 nitrogen and oxygen atoms in total. The minimum absolute atomic E-state index is 0.0317. The maximum Gasteiger partial charge on any atom is 0.270 e. The fraction of sp³-hybridized carbons (Fsp3) is 0.0690. The van der Waals surface area contributed by atoms with Crippen molar-refractivity contribution in [3.05, 3.63) is 113 Å². The van der Waals surface area contributed by atoms with E-state index in [9.17, 15) is 9.59 Å². The second-order valence-corrected chi connectivity index (χ2v) is 8.76. The number of aryl methyl sites for hydroxylation is 2. The average Bonchev–Trinajstić information content (AvgIpc) is 3.19. The molecule has 1 N–H and O–H groups in total. The van der Waals surface area contributed by atoms with E-state index in [1.807, 2.05) is 105 Å². The molecule has 6 heteroatoms. The highest BCUT2D eigenvalue weighted by Gasteiger charge is 2.35. The van der Waals surface area contributed by atoms with Crippen LogP contribution >= 0.6 is 12.2 Å². The van der Waals surface area contributed by atoms with Crippen LogP contribution in [-0.2, 0) is 9.59 Å². The number of para-hydroxylation sites is 2. The van der Waals surface area contributed by atoms with E-state index in [1.54, 1.807) is 6.08 Å². The zero-order valence-electron chi connectivity index (χ0n) is 19.4. The van der Waals surface area contributed by atoms with Crippen molar-refractivity contribution in [2.75, 3.05) is 4.90 Å². The standard InChI is InChI=1S/C29H23N3O2S/c1-19-11-9-10-16-25(19)32-28(34)24(27(33)30-29(32)35)18-22-17-20(2)31(23-14-7-4-8-15-23)26(22)21-12-5-3-6-13-21/h3-18H,1-2H3,(H,30,33,35)/b24-18+. The molecule has 0 spiro atoms. The molecule has 1 fully saturated rings. The summed E-state index contributed by atoms with van der Waals surface area (Å²) in [6, 6.07) is 29.4. The molecule has 1 aromatic heterocycles. The van der Waals surface area contributed by atoms with Crippen molar-refractivity contribution in [1.82, 2.24) is 9.88 Å². The van der Waals surface area contributed by atoms with Gasteiger partial charge in [-0.05, 0) is 67.5 Å². The number of thiocarbonyl (C=S) groups is 1. The molecule has 2 amide bonds. The van der Waals surface area contributed by atoms with E-state index in [4.69, 9.17) is 12.2 Å². The molecule has 0 bridgehead atoms. The normalized spacial score (nSPS) is 15.0. The van der Waals surface area contributed by atoms with E-state index in [0.29, 0.717) is 5.69 Å². The fourth-order valence-electron chi connectivity index (χ4n) is 4.42. The Morgan fingerprint density at radius 1 is 0.829 bits per heavy atom. The van der Waals surface area contributed by atoms with Gasteiger partial charge in [0.25, 0.3) is 11.8 Å². The van der Waals surface area contributed by atoms with Crippen LogP contribution < -0.4 is 10.2 Å². The molecule has 1 aliphatic rings. The second kappa shape index (κ2) is 9.16. The molecule has 1 saturated heterocycles. The first-order chi connectivity index (χ1) is 17.0. The summed E-state index contributed by atoms with van der Waals surface area (Å²) in [4.78, 5) is 28.0. The lowest BCUT2D eigenvalue weighted by molar-refractivity contribution is -0.122. The lowest BCUT2D eigenvalue weighted by atomic mass is 10.0. The highest BCUT2D eigenvalue weighted by atomic mass is 32.1. The minimum Gasteiger partial charge on any atom is -0.313 e. The first-order valence-corrected chi connectivity index (χ1v) is 11.7. The first kappa shape index (κ1) is 22.5. The summed E-state index contributed by atoms with van der Waals surface area (Å²) < 4.78 is 2.14. The van der Waals surface area contributed by atoms with E-state index in [-0.39, 0.29) is 10.7 Å². The second-order valence-electron chi connectivity index (χ2n) is 8.37. The van der Waals surface area contributed by atoms with Gasteiger partial charge in [0, 0.05) is 16.9 Å². The minimum atomic E-state index is -0.506. The van der Waals surface area contributed by atoms with Crippen molar-refractivity contribution < 1.29 is 9.59 Å². The van der Waals surface area contributed by atoms with Crippen LogP contribution in [0.2, 0.25) is 0 Å². The van der Waals surface area contributed by atoms with Crippen molar-refractivity contribution in [1.29, 1.82) is 0 Å². The fourth-order valence-corrected chi connectivity index (χ4v) is 4.70. The molecule has 0 atom stereocenters. The van der Waals surface area contributed by atoms with Crippen LogP contribution in [0.25, 0.3) is 23.0 Å². The molecule has 35 heavy (non-hydrogen) atoms. The Balaban J connectivity index is 1.69. The van der Waals surface area contributed by atoms with E-state index in [2.05, 4.69) is 9.88 Å². The van der Waals surface area contributed by atoms with Gasteiger partial charge in [0.05, 0.1) is 11.4 Å². The van der Waals surface area contributed by atoms with Crippen LogP contribution in [0.4, 0.5) is 5.69 Å². The largest absolute Gasteiger partial charge is 0.313 e. The van der Waals surface area contributed by atoms with Gasteiger partial charge in [-0.2, -0.15) is 0 Å². The lowest BCUT2D eigenvalue weighted by Crippen LogP contribution is -2.54. The number of amides is 2. The number of nitrogens with one attached hydrogen (secondary N) is 1. The van der Waals surface area contributed by atoms with Crippen LogP contribution in [0, 0.1) is 13.8 Å². The zero-order chi connectivity index (χ0) is 24.5.